The van der Waals surface area contributed by atoms with E-state index in [1.54, 1.807) is 0 Å². The molecule has 0 radical (unpaired) electrons. The van der Waals surface area contributed by atoms with Crippen molar-refractivity contribution in [1.29, 1.82) is 0 Å². The molecule has 0 atom stereocenters. The van der Waals surface area contributed by atoms with Crippen LogP contribution in [0.2, 0.25) is 10.0 Å². The number of sulfonamides is 1. The topological polar surface area (TPSA) is 66.5 Å². The maximum absolute atomic E-state index is 11.9. The fourth-order valence-electron chi connectivity index (χ4n) is 1.08. The van der Waals surface area contributed by atoms with Crippen LogP contribution in [0.25, 0.3) is 0 Å². The molecule has 1 N–H and O–H groups in total. The first-order chi connectivity index (χ1) is 8.25. The van der Waals surface area contributed by atoms with E-state index in [1.807, 2.05) is 0 Å². The summed E-state index contributed by atoms with van der Waals surface area (Å²) in [6.07, 6.45) is 0. The second-order valence-corrected chi connectivity index (χ2v) is 6.19. The van der Waals surface area contributed by atoms with E-state index in [2.05, 4.69) is 4.72 Å². The molecule has 5 nitrogen and oxygen atoms in total. The van der Waals surface area contributed by atoms with Gasteiger partial charge in [0.1, 0.15) is 4.90 Å². The Morgan fingerprint density at radius 1 is 1.33 bits per heavy atom. The maximum atomic E-state index is 11.9. The number of likely N-dealkylation sites (N-methyl/N-ethyl adjacent to an activating group) is 1. The predicted molar refractivity (Wildman–Crippen MR) is 70.3 cm³/mol. The first kappa shape index (κ1) is 15.2. The van der Waals surface area contributed by atoms with E-state index in [0.717, 1.165) is 0 Å². The Morgan fingerprint density at radius 3 is 2.50 bits per heavy atom. The van der Waals surface area contributed by atoms with Gasteiger partial charge in [-0.1, -0.05) is 29.3 Å². The molecule has 0 aromatic heterocycles. The number of halogens is 2. The maximum Gasteiger partial charge on any atom is 0.242 e. The Balaban J connectivity index is 2.94. The van der Waals surface area contributed by atoms with E-state index in [9.17, 15) is 13.2 Å². The van der Waals surface area contributed by atoms with E-state index >= 15 is 0 Å². The van der Waals surface area contributed by atoms with Crippen LogP contribution in [0.3, 0.4) is 0 Å². The van der Waals surface area contributed by atoms with Crippen LogP contribution in [-0.2, 0) is 14.8 Å². The molecule has 1 rings (SSSR count). The fraction of sp³-hybridized carbons (Fsp3) is 0.300. The summed E-state index contributed by atoms with van der Waals surface area (Å²) in [6.45, 7) is -0.335. The second kappa shape index (κ2) is 5.88. The standard InChI is InChI=1S/C10H12Cl2N2O3S/c1-14(2)9(15)6-13-18(16,17)8-5-3-4-7(11)10(8)12/h3-5,13H,6H2,1-2H3. The molecule has 0 heterocycles. The van der Waals surface area contributed by atoms with Gasteiger partial charge in [-0.3, -0.25) is 4.79 Å². The number of rotatable bonds is 4. The number of carbonyl (C=O) groups is 1. The van der Waals surface area contributed by atoms with Gasteiger partial charge < -0.3 is 4.90 Å². The van der Waals surface area contributed by atoms with Gasteiger partial charge in [0.25, 0.3) is 0 Å². The zero-order chi connectivity index (χ0) is 13.9. The van der Waals surface area contributed by atoms with Crippen LogP contribution < -0.4 is 4.72 Å². The summed E-state index contributed by atoms with van der Waals surface area (Å²) in [5, 5.41) is 0.0717. The van der Waals surface area contributed by atoms with Crippen LogP contribution in [0.5, 0.6) is 0 Å². The minimum Gasteiger partial charge on any atom is -0.348 e. The third-order valence-corrected chi connectivity index (χ3v) is 4.49. The molecule has 0 spiro atoms. The van der Waals surface area contributed by atoms with Crippen molar-refractivity contribution in [2.75, 3.05) is 20.6 Å². The van der Waals surface area contributed by atoms with Crippen LogP contribution in [0.15, 0.2) is 23.1 Å². The Labute approximate surface area is 116 Å². The average molecular weight is 311 g/mol. The monoisotopic (exact) mass is 310 g/mol. The Hall–Kier alpha value is -0.820. The summed E-state index contributed by atoms with van der Waals surface area (Å²) >= 11 is 11.5. The molecule has 8 heteroatoms. The molecule has 0 bridgehead atoms. The zero-order valence-corrected chi connectivity index (χ0v) is 12.1. The van der Waals surface area contributed by atoms with E-state index in [0.29, 0.717) is 0 Å². The molecular weight excluding hydrogens is 299 g/mol. The van der Waals surface area contributed by atoms with Gasteiger partial charge in [0, 0.05) is 14.1 Å². The molecule has 100 valence electrons. The lowest BCUT2D eigenvalue weighted by Crippen LogP contribution is -2.36. The van der Waals surface area contributed by atoms with Crippen molar-refractivity contribution in [3.63, 3.8) is 0 Å². The van der Waals surface area contributed by atoms with Crippen molar-refractivity contribution < 1.29 is 13.2 Å². The average Bonchev–Trinajstić information content (AvgIpc) is 2.29. The first-order valence-electron chi connectivity index (χ1n) is 4.89. The molecule has 0 aliphatic rings. The van der Waals surface area contributed by atoms with Gasteiger partial charge in [0.15, 0.2) is 0 Å². The molecule has 0 unspecified atom stereocenters. The van der Waals surface area contributed by atoms with Crippen molar-refractivity contribution in [3.05, 3.63) is 28.2 Å². The summed E-state index contributed by atoms with van der Waals surface area (Å²) in [6, 6.07) is 4.26. The molecule has 0 fully saturated rings. The van der Waals surface area contributed by atoms with Crippen molar-refractivity contribution in [2.45, 2.75) is 4.90 Å². The van der Waals surface area contributed by atoms with Crippen molar-refractivity contribution in [2.24, 2.45) is 0 Å². The predicted octanol–water partition coefficient (Wildman–Crippen LogP) is 1.36. The molecule has 0 saturated carbocycles. The van der Waals surface area contributed by atoms with E-state index in [-0.39, 0.29) is 27.4 Å². The highest BCUT2D eigenvalue weighted by atomic mass is 35.5. The number of carbonyl (C=O) groups excluding carboxylic acids is 1. The zero-order valence-electron chi connectivity index (χ0n) is 9.78. The number of hydrogen-bond donors (Lipinski definition) is 1. The lowest BCUT2D eigenvalue weighted by atomic mass is 10.4. The Kier molecular flexibility index (Phi) is 4.98. The van der Waals surface area contributed by atoms with Crippen LogP contribution in [0.4, 0.5) is 0 Å². The molecule has 1 aromatic rings. The lowest BCUT2D eigenvalue weighted by Gasteiger charge is -2.12. The highest BCUT2D eigenvalue weighted by molar-refractivity contribution is 7.89. The van der Waals surface area contributed by atoms with E-state index in [1.165, 1.54) is 37.2 Å². The molecular formula is C10H12Cl2N2O3S. The number of hydrogen-bond acceptors (Lipinski definition) is 3. The minimum atomic E-state index is -3.86. The third kappa shape index (κ3) is 3.58. The van der Waals surface area contributed by atoms with Crippen LogP contribution in [0, 0.1) is 0 Å². The van der Waals surface area contributed by atoms with E-state index in [4.69, 9.17) is 23.2 Å². The quantitative estimate of drug-likeness (QED) is 0.913. The number of amides is 1. The summed E-state index contributed by atoms with van der Waals surface area (Å²) in [4.78, 5) is 12.4. The van der Waals surface area contributed by atoms with Crippen molar-refractivity contribution in [1.82, 2.24) is 9.62 Å². The number of benzene rings is 1. The van der Waals surface area contributed by atoms with Gasteiger partial charge >= 0.3 is 0 Å². The summed E-state index contributed by atoms with van der Waals surface area (Å²) in [7, 11) is -0.794. The van der Waals surface area contributed by atoms with Gasteiger partial charge in [0.05, 0.1) is 16.6 Å². The first-order valence-corrected chi connectivity index (χ1v) is 7.13. The Bertz CT molecular complexity index is 558. The SMILES string of the molecule is CN(C)C(=O)CNS(=O)(=O)c1cccc(Cl)c1Cl. The summed E-state index contributed by atoms with van der Waals surface area (Å²) < 4.78 is 26.0. The summed E-state index contributed by atoms with van der Waals surface area (Å²) in [5.41, 5.74) is 0. The van der Waals surface area contributed by atoms with Crippen LogP contribution in [0.1, 0.15) is 0 Å². The van der Waals surface area contributed by atoms with Crippen LogP contribution in [-0.4, -0.2) is 39.9 Å². The summed E-state index contributed by atoms with van der Waals surface area (Å²) in [5.74, 6) is -0.364. The largest absolute Gasteiger partial charge is 0.348 e. The number of nitrogens with zero attached hydrogens (tertiary/aromatic N) is 1. The minimum absolute atomic E-state index is 0.0658. The van der Waals surface area contributed by atoms with Crippen LogP contribution >= 0.6 is 23.2 Å². The molecule has 0 aliphatic carbocycles. The van der Waals surface area contributed by atoms with Gasteiger partial charge in [-0.2, -0.15) is 0 Å². The van der Waals surface area contributed by atoms with Crippen molar-refractivity contribution in [3.8, 4) is 0 Å². The van der Waals surface area contributed by atoms with Gasteiger partial charge in [-0.25, -0.2) is 13.1 Å². The molecule has 1 aromatic carbocycles. The van der Waals surface area contributed by atoms with Gasteiger partial charge in [-0.05, 0) is 12.1 Å². The number of nitrogens with one attached hydrogen (secondary N) is 1. The molecule has 0 aliphatic heterocycles. The lowest BCUT2D eigenvalue weighted by molar-refractivity contribution is -0.127. The van der Waals surface area contributed by atoms with Gasteiger partial charge in [-0.15, -0.1) is 0 Å². The highest BCUT2D eigenvalue weighted by Crippen LogP contribution is 2.28. The molecule has 18 heavy (non-hydrogen) atoms. The fourth-order valence-corrected chi connectivity index (χ4v) is 2.82. The third-order valence-electron chi connectivity index (χ3n) is 2.12. The van der Waals surface area contributed by atoms with Crippen molar-refractivity contribution >= 4 is 39.1 Å². The Morgan fingerprint density at radius 2 is 1.94 bits per heavy atom. The second-order valence-electron chi connectivity index (χ2n) is 3.66. The molecule has 0 saturated heterocycles. The van der Waals surface area contributed by atoms with E-state index < -0.39 is 10.0 Å². The normalized spacial score (nSPS) is 11.3. The highest BCUT2D eigenvalue weighted by Gasteiger charge is 2.20. The molecule has 1 amide bonds. The van der Waals surface area contributed by atoms with Gasteiger partial charge in [0.2, 0.25) is 15.9 Å². The smallest absolute Gasteiger partial charge is 0.242 e.